The Kier molecular flexibility index (Phi) is 5.49. The highest BCUT2D eigenvalue weighted by Gasteiger charge is 2.24. The number of amides is 1. The van der Waals surface area contributed by atoms with Gasteiger partial charge in [0.15, 0.2) is 0 Å². The third-order valence-corrected chi connectivity index (χ3v) is 5.76. The molecule has 0 atom stereocenters. The van der Waals surface area contributed by atoms with Crippen molar-refractivity contribution in [2.75, 3.05) is 13.1 Å². The lowest BCUT2D eigenvalue weighted by molar-refractivity contribution is -0.123. The first-order valence-electron chi connectivity index (χ1n) is 10.2. The average Bonchev–Trinajstić information content (AvgIpc) is 3.13. The fourth-order valence-electron chi connectivity index (χ4n) is 4.01. The topological polar surface area (TPSA) is 64.2 Å². The summed E-state index contributed by atoms with van der Waals surface area (Å²) in [7, 11) is 0. The zero-order valence-corrected chi connectivity index (χ0v) is 17.1. The number of nitrogens with zero attached hydrogens (tertiary/aromatic N) is 3. The quantitative estimate of drug-likeness (QED) is 0.722. The minimum Gasteiger partial charge on any atom is -0.369 e. The van der Waals surface area contributed by atoms with Gasteiger partial charge in [-0.2, -0.15) is 5.10 Å². The number of rotatable bonds is 5. The fourth-order valence-corrected chi connectivity index (χ4v) is 4.01. The molecular formula is C24H28N4O. The molecule has 2 N–H and O–H groups in total. The Labute approximate surface area is 172 Å². The molecule has 29 heavy (non-hydrogen) atoms. The minimum absolute atomic E-state index is 0.0118. The Hall–Kier alpha value is -2.92. The van der Waals surface area contributed by atoms with Gasteiger partial charge < -0.3 is 5.73 Å². The molecule has 2 heterocycles. The van der Waals surface area contributed by atoms with E-state index < -0.39 is 0 Å². The lowest BCUT2D eigenvalue weighted by Crippen LogP contribution is -2.38. The molecule has 1 aliphatic heterocycles. The van der Waals surface area contributed by atoms with Crippen LogP contribution < -0.4 is 5.73 Å². The molecule has 0 saturated carbocycles. The third kappa shape index (κ3) is 4.40. The summed E-state index contributed by atoms with van der Waals surface area (Å²) >= 11 is 0. The van der Waals surface area contributed by atoms with E-state index >= 15 is 0 Å². The van der Waals surface area contributed by atoms with Crippen LogP contribution in [0.4, 0.5) is 0 Å². The summed E-state index contributed by atoms with van der Waals surface area (Å²) in [6.45, 7) is 6.79. The van der Waals surface area contributed by atoms with Gasteiger partial charge in [0.05, 0.1) is 11.4 Å². The lowest BCUT2D eigenvalue weighted by Gasteiger charge is -2.30. The van der Waals surface area contributed by atoms with Crippen LogP contribution in [0.1, 0.15) is 29.5 Å². The first-order chi connectivity index (χ1) is 14.0. The van der Waals surface area contributed by atoms with Gasteiger partial charge in [0.1, 0.15) is 0 Å². The SMILES string of the molecule is Cc1ccc(-n2cc(CN3CCC(C(N)=O)CC3)c(-c3cccc(C)c3)n2)cc1. The van der Waals surface area contributed by atoms with Crippen LogP contribution in [-0.4, -0.2) is 33.7 Å². The number of hydrogen-bond donors (Lipinski definition) is 1. The largest absolute Gasteiger partial charge is 0.369 e. The molecule has 1 amide bonds. The van der Waals surface area contributed by atoms with Gasteiger partial charge in [-0.1, -0.05) is 41.5 Å². The standard InChI is InChI=1S/C24H28N4O/c1-17-6-8-22(9-7-17)28-16-21(15-27-12-10-19(11-13-27)24(25)29)23(26-28)20-5-3-4-18(2)14-20/h3-9,14,16,19H,10-13,15H2,1-2H3,(H2,25,29). The predicted octanol–water partition coefficient (Wildman–Crippen LogP) is 3.85. The van der Waals surface area contributed by atoms with Crippen LogP contribution in [-0.2, 0) is 11.3 Å². The van der Waals surface area contributed by atoms with E-state index in [2.05, 4.69) is 73.5 Å². The van der Waals surface area contributed by atoms with Gasteiger partial charge >= 0.3 is 0 Å². The minimum atomic E-state index is -0.169. The van der Waals surface area contributed by atoms with Crippen LogP contribution in [0, 0.1) is 19.8 Å². The smallest absolute Gasteiger partial charge is 0.220 e. The number of piperidine rings is 1. The van der Waals surface area contributed by atoms with E-state index in [4.69, 9.17) is 10.8 Å². The van der Waals surface area contributed by atoms with Crippen molar-refractivity contribution in [2.45, 2.75) is 33.2 Å². The van der Waals surface area contributed by atoms with E-state index in [1.54, 1.807) is 0 Å². The predicted molar refractivity (Wildman–Crippen MR) is 116 cm³/mol. The second-order valence-electron chi connectivity index (χ2n) is 8.11. The van der Waals surface area contributed by atoms with Gasteiger partial charge in [-0.3, -0.25) is 9.69 Å². The molecular weight excluding hydrogens is 360 g/mol. The summed E-state index contributed by atoms with van der Waals surface area (Å²) in [5.41, 5.74) is 12.4. The number of hydrogen-bond acceptors (Lipinski definition) is 3. The van der Waals surface area contributed by atoms with Crippen molar-refractivity contribution in [3.63, 3.8) is 0 Å². The Bertz CT molecular complexity index is 998. The van der Waals surface area contributed by atoms with E-state index in [-0.39, 0.29) is 11.8 Å². The number of likely N-dealkylation sites (tertiary alicyclic amines) is 1. The van der Waals surface area contributed by atoms with E-state index in [1.165, 1.54) is 16.7 Å². The van der Waals surface area contributed by atoms with E-state index in [0.717, 1.165) is 49.4 Å². The molecule has 0 bridgehead atoms. The molecule has 3 aromatic rings. The first kappa shape index (κ1) is 19.4. The summed E-state index contributed by atoms with van der Waals surface area (Å²) in [6, 6.07) is 16.9. The maximum Gasteiger partial charge on any atom is 0.220 e. The summed E-state index contributed by atoms with van der Waals surface area (Å²) in [4.78, 5) is 13.9. The maximum atomic E-state index is 11.5. The summed E-state index contributed by atoms with van der Waals surface area (Å²) in [6.07, 6.45) is 3.81. The zero-order valence-electron chi connectivity index (χ0n) is 17.1. The van der Waals surface area contributed by atoms with Crippen LogP contribution in [0.25, 0.3) is 16.9 Å². The Morgan fingerprint density at radius 2 is 1.79 bits per heavy atom. The fraction of sp³-hybridized carbons (Fsp3) is 0.333. The molecule has 0 aliphatic carbocycles. The monoisotopic (exact) mass is 388 g/mol. The molecule has 5 nitrogen and oxygen atoms in total. The van der Waals surface area contributed by atoms with E-state index in [9.17, 15) is 4.79 Å². The molecule has 4 rings (SSSR count). The summed E-state index contributed by atoms with van der Waals surface area (Å²) in [5.74, 6) is -0.157. The molecule has 1 fully saturated rings. The number of nitrogens with two attached hydrogens (primary N) is 1. The average molecular weight is 389 g/mol. The molecule has 2 aromatic carbocycles. The Balaban J connectivity index is 1.64. The molecule has 0 unspecified atom stereocenters. The molecule has 1 aliphatic rings. The molecule has 150 valence electrons. The second-order valence-corrected chi connectivity index (χ2v) is 8.11. The van der Waals surface area contributed by atoms with Crippen LogP contribution in [0.5, 0.6) is 0 Å². The summed E-state index contributed by atoms with van der Waals surface area (Å²) < 4.78 is 1.97. The van der Waals surface area contributed by atoms with Crippen molar-refractivity contribution in [2.24, 2.45) is 11.7 Å². The number of primary amides is 1. The second kappa shape index (κ2) is 8.21. The number of aromatic nitrogens is 2. The van der Waals surface area contributed by atoms with Gasteiger partial charge in [-0.25, -0.2) is 4.68 Å². The van der Waals surface area contributed by atoms with Gasteiger partial charge in [0.25, 0.3) is 0 Å². The lowest BCUT2D eigenvalue weighted by atomic mass is 9.96. The molecule has 0 spiro atoms. The van der Waals surface area contributed by atoms with Gasteiger partial charge in [0, 0.05) is 29.8 Å². The zero-order chi connectivity index (χ0) is 20.4. The highest BCUT2D eigenvalue weighted by molar-refractivity contribution is 5.76. The van der Waals surface area contributed by atoms with Gasteiger partial charge in [-0.15, -0.1) is 0 Å². The van der Waals surface area contributed by atoms with Crippen molar-refractivity contribution in [1.82, 2.24) is 14.7 Å². The number of carbonyl (C=O) groups is 1. The van der Waals surface area contributed by atoms with Crippen molar-refractivity contribution in [1.29, 1.82) is 0 Å². The van der Waals surface area contributed by atoms with Crippen LogP contribution in [0.3, 0.4) is 0 Å². The summed E-state index contributed by atoms with van der Waals surface area (Å²) in [5, 5.41) is 4.95. The molecule has 0 radical (unpaired) electrons. The van der Waals surface area contributed by atoms with Gasteiger partial charge in [-0.05, 0) is 58.0 Å². The number of carbonyl (C=O) groups excluding carboxylic acids is 1. The number of benzene rings is 2. The highest BCUT2D eigenvalue weighted by atomic mass is 16.1. The van der Waals surface area contributed by atoms with E-state index in [0.29, 0.717) is 0 Å². The van der Waals surface area contributed by atoms with Crippen LogP contribution in [0.15, 0.2) is 54.7 Å². The van der Waals surface area contributed by atoms with Crippen molar-refractivity contribution >= 4 is 5.91 Å². The first-order valence-corrected chi connectivity index (χ1v) is 10.2. The molecule has 1 aromatic heterocycles. The highest BCUT2D eigenvalue weighted by Crippen LogP contribution is 2.27. The Morgan fingerprint density at radius 3 is 2.45 bits per heavy atom. The van der Waals surface area contributed by atoms with Crippen molar-refractivity contribution < 1.29 is 4.79 Å². The van der Waals surface area contributed by atoms with Crippen LogP contribution in [0.2, 0.25) is 0 Å². The molecule has 1 saturated heterocycles. The van der Waals surface area contributed by atoms with Gasteiger partial charge in [0.2, 0.25) is 5.91 Å². The van der Waals surface area contributed by atoms with E-state index in [1.807, 2.05) is 4.68 Å². The Morgan fingerprint density at radius 1 is 1.07 bits per heavy atom. The van der Waals surface area contributed by atoms with Crippen molar-refractivity contribution in [3.8, 4) is 16.9 Å². The normalized spacial score (nSPS) is 15.5. The third-order valence-electron chi connectivity index (χ3n) is 5.76. The molecule has 5 heteroatoms. The number of aryl methyl sites for hydroxylation is 2. The van der Waals surface area contributed by atoms with Crippen LogP contribution >= 0.6 is 0 Å². The maximum absolute atomic E-state index is 11.5. The van der Waals surface area contributed by atoms with Crippen molar-refractivity contribution in [3.05, 3.63) is 71.4 Å².